The summed E-state index contributed by atoms with van der Waals surface area (Å²) in [4.78, 5) is 4.76. The van der Waals surface area contributed by atoms with E-state index in [4.69, 9.17) is 10.7 Å². The van der Waals surface area contributed by atoms with Gasteiger partial charge < -0.3 is 5.73 Å². The highest BCUT2D eigenvalue weighted by Crippen LogP contribution is 2.33. The Balaban J connectivity index is 1.98. The van der Waals surface area contributed by atoms with Crippen molar-refractivity contribution in [2.45, 2.75) is 38.0 Å². The van der Waals surface area contributed by atoms with E-state index in [1.807, 2.05) is 29.9 Å². The standard InChI is InChI=1S/C15H19BrN4/c1-20-15(12-9-11(16)7-8-13(12)17)18-14(19-20)10-5-3-2-4-6-10/h7-10H,2-6,17H2,1H3. The largest absolute Gasteiger partial charge is 0.398 e. The van der Waals surface area contributed by atoms with Crippen molar-refractivity contribution in [3.8, 4) is 11.4 Å². The van der Waals surface area contributed by atoms with E-state index in [0.29, 0.717) is 5.92 Å². The molecule has 2 aromatic rings. The number of anilines is 1. The van der Waals surface area contributed by atoms with Gasteiger partial charge in [-0.2, -0.15) is 5.10 Å². The highest BCUT2D eigenvalue weighted by molar-refractivity contribution is 9.10. The molecule has 1 aliphatic rings. The predicted molar refractivity (Wildman–Crippen MR) is 84.4 cm³/mol. The van der Waals surface area contributed by atoms with Gasteiger partial charge in [0, 0.05) is 28.7 Å². The van der Waals surface area contributed by atoms with Gasteiger partial charge in [-0.1, -0.05) is 35.2 Å². The molecular weight excluding hydrogens is 316 g/mol. The fourth-order valence-corrected chi connectivity index (χ4v) is 3.26. The van der Waals surface area contributed by atoms with Gasteiger partial charge in [0.05, 0.1) is 0 Å². The number of benzene rings is 1. The predicted octanol–water partition coefficient (Wildman–Crippen LogP) is 3.87. The van der Waals surface area contributed by atoms with Crippen molar-refractivity contribution in [1.29, 1.82) is 0 Å². The maximum absolute atomic E-state index is 6.08. The lowest BCUT2D eigenvalue weighted by molar-refractivity contribution is 0.427. The third kappa shape index (κ3) is 2.59. The minimum atomic E-state index is 0.511. The van der Waals surface area contributed by atoms with E-state index in [2.05, 4.69) is 21.0 Å². The zero-order valence-corrected chi connectivity index (χ0v) is 13.2. The van der Waals surface area contributed by atoms with Crippen LogP contribution in [0.15, 0.2) is 22.7 Å². The van der Waals surface area contributed by atoms with E-state index in [-0.39, 0.29) is 0 Å². The van der Waals surface area contributed by atoms with Gasteiger partial charge in [-0.15, -0.1) is 0 Å². The molecule has 0 amide bonds. The van der Waals surface area contributed by atoms with E-state index in [1.165, 1.54) is 32.1 Å². The number of nitrogen functional groups attached to an aromatic ring is 1. The second-order valence-electron chi connectivity index (χ2n) is 5.48. The van der Waals surface area contributed by atoms with Crippen LogP contribution in [0, 0.1) is 0 Å². The van der Waals surface area contributed by atoms with Crippen molar-refractivity contribution in [1.82, 2.24) is 14.8 Å². The first-order valence-electron chi connectivity index (χ1n) is 7.11. The van der Waals surface area contributed by atoms with Crippen LogP contribution in [0.1, 0.15) is 43.8 Å². The average Bonchev–Trinajstić information content (AvgIpc) is 2.84. The van der Waals surface area contributed by atoms with Crippen LogP contribution in [0.25, 0.3) is 11.4 Å². The number of nitrogens with two attached hydrogens (primary N) is 1. The summed E-state index contributed by atoms with van der Waals surface area (Å²) < 4.78 is 2.85. The van der Waals surface area contributed by atoms with Crippen LogP contribution in [0.2, 0.25) is 0 Å². The fourth-order valence-electron chi connectivity index (χ4n) is 2.89. The molecule has 0 atom stereocenters. The molecule has 1 aromatic heterocycles. The van der Waals surface area contributed by atoms with Gasteiger partial charge in [0.25, 0.3) is 0 Å². The van der Waals surface area contributed by atoms with E-state index in [1.54, 1.807) is 0 Å². The van der Waals surface area contributed by atoms with Gasteiger partial charge >= 0.3 is 0 Å². The van der Waals surface area contributed by atoms with Gasteiger partial charge in [0.1, 0.15) is 0 Å². The zero-order chi connectivity index (χ0) is 14.1. The van der Waals surface area contributed by atoms with Crippen molar-refractivity contribution in [3.05, 3.63) is 28.5 Å². The summed E-state index contributed by atoms with van der Waals surface area (Å²) in [5.41, 5.74) is 7.75. The Kier molecular flexibility index (Phi) is 3.78. The van der Waals surface area contributed by atoms with Crippen LogP contribution < -0.4 is 5.73 Å². The van der Waals surface area contributed by atoms with Gasteiger partial charge in [-0.3, -0.25) is 0 Å². The molecule has 20 heavy (non-hydrogen) atoms. The van der Waals surface area contributed by atoms with E-state index >= 15 is 0 Å². The summed E-state index contributed by atoms with van der Waals surface area (Å²) in [5.74, 6) is 2.34. The van der Waals surface area contributed by atoms with E-state index in [9.17, 15) is 0 Å². The Morgan fingerprint density at radius 1 is 1.25 bits per heavy atom. The summed E-state index contributed by atoms with van der Waals surface area (Å²) in [6, 6.07) is 5.84. The number of rotatable bonds is 2. The molecular formula is C15H19BrN4. The first-order valence-corrected chi connectivity index (χ1v) is 7.91. The summed E-state index contributed by atoms with van der Waals surface area (Å²) >= 11 is 3.49. The summed E-state index contributed by atoms with van der Waals surface area (Å²) in [5, 5.41) is 4.62. The minimum Gasteiger partial charge on any atom is -0.398 e. The van der Waals surface area contributed by atoms with Crippen molar-refractivity contribution < 1.29 is 0 Å². The molecule has 0 radical (unpaired) electrons. The van der Waals surface area contributed by atoms with Crippen LogP contribution in [0.4, 0.5) is 5.69 Å². The molecule has 0 spiro atoms. The van der Waals surface area contributed by atoms with Crippen molar-refractivity contribution in [2.75, 3.05) is 5.73 Å². The molecule has 4 nitrogen and oxygen atoms in total. The number of hydrogen-bond acceptors (Lipinski definition) is 3. The SMILES string of the molecule is Cn1nc(C2CCCCC2)nc1-c1cc(Br)ccc1N. The van der Waals surface area contributed by atoms with Gasteiger partial charge in [-0.05, 0) is 31.0 Å². The van der Waals surface area contributed by atoms with Gasteiger partial charge in [0.2, 0.25) is 0 Å². The maximum atomic E-state index is 6.08. The number of aryl methyl sites for hydroxylation is 1. The molecule has 1 fully saturated rings. The number of hydrogen-bond donors (Lipinski definition) is 1. The Bertz CT molecular complexity index is 614. The Labute approximate surface area is 127 Å². The molecule has 0 bridgehead atoms. The third-order valence-corrected chi connectivity index (χ3v) is 4.50. The average molecular weight is 335 g/mol. The van der Waals surface area contributed by atoms with Crippen molar-refractivity contribution >= 4 is 21.6 Å². The molecule has 0 aliphatic heterocycles. The van der Waals surface area contributed by atoms with Crippen LogP contribution in [0.3, 0.4) is 0 Å². The Morgan fingerprint density at radius 3 is 2.75 bits per heavy atom. The quantitative estimate of drug-likeness (QED) is 0.848. The monoisotopic (exact) mass is 334 g/mol. The van der Waals surface area contributed by atoms with Crippen LogP contribution in [0.5, 0.6) is 0 Å². The third-order valence-electron chi connectivity index (χ3n) is 4.01. The molecule has 2 N–H and O–H groups in total. The highest BCUT2D eigenvalue weighted by atomic mass is 79.9. The molecule has 1 aliphatic carbocycles. The lowest BCUT2D eigenvalue weighted by atomic mass is 9.89. The maximum Gasteiger partial charge on any atom is 0.160 e. The topological polar surface area (TPSA) is 56.7 Å². The normalized spacial score (nSPS) is 16.5. The second kappa shape index (κ2) is 5.56. The second-order valence-corrected chi connectivity index (χ2v) is 6.40. The lowest BCUT2D eigenvalue weighted by Gasteiger charge is -2.18. The summed E-state index contributed by atoms with van der Waals surface area (Å²) in [7, 11) is 1.94. The molecule has 0 saturated heterocycles. The molecule has 0 unspecified atom stereocenters. The molecule has 1 saturated carbocycles. The van der Waals surface area contributed by atoms with Gasteiger partial charge in [0.15, 0.2) is 11.6 Å². The van der Waals surface area contributed by atoms with Crippen LogP contribution in [-0.4, -0.2) is 14.8 Å². The van der Waals surface area contributed by atoms with Crippen molar-refractivity contribution in [2.24, 2.45) is 7.05 Å². The van der Waals surface area contributed by atoms with E-state index < -0.39 is 0 Å². The fraction of sp³-hybridized carbons (Fsp3) is 0.467. The smallest absolute Gasteiger partial charge is 0.160 e. The molecule has 1 aromatic carbocycles. The minimum absolute atomic E-state index is 0.511. The van der Waals surface area contributed by atoms with Crippen molar-refractivity contribution in [3.63, 3.8) is 0 Å². The van der Waals surface area contributed by atoms with E-state index in [0.717, 1.165) is 27.4 Å². The molecule has 106 valence electrons. The Morgan fingerprint density at radius 2 is 2.00 bits per heavy atom. The van der Waals surface area contributed by atoms with Crippen LogP contribution in [-0.2, 0) is 7.05 Å². The number of aromatic nitrogens is 3. The number of nitrogens with zero attached hydrogens (tertiary/aromatic N) is 3. The molecule has 3 rings (SSSR count). The highest BCUT2D eigenvalue weighted by Gasteiger charge is 2.21. The molecule has 1 heterocycles. The first-order chi connectivity index (χ1) is 9.65. The zero-order valence-electron chi connectivity index (χ0n) is 11.6. The lowest BCUT2D eigenvalue weighted by Crippen LogP contribution is -2.06. The summed E-state index contributed by atoms with van der Waals surface area (Å²) in [6.45, 7) is 0. The van der Waals surface area contributed by atoms with Crippen LogP contribution >= 0.6 is 15.9 Å². The molecule has 5 heteroatoms. The number of halogens is 1. The van der Waals surface area contributed by atoms with Gasteiger partial charge in [-0.25, -0.2) is 9.67 Å². The Hall–Kier alpha value is -1.36. The first kappa shape index (κ1) is 13.6. The summed E-state index contributed by atoms with van der Waals surface area (Å²) in [6.07, 6.45) is 6.33.